The van der Waals surface area contributed by atoms with Crippen LogP contribution in [0.3, 0.4) is 0 Å². The summed E-state index contributed by atoms with van der Waals surface area (Å²) in [5.74, 6) is -0.253. The molecule has 0 heterocycles. The summed E-state index contributed by atoms with van der Waals surface area (Å²) in [6.07, 6.45) is 0. The molecular formula is C14H14N6O2. The molecule has 0 aliphatic rings. The SMILES string of the molecule is NC(N)=NC(N)=Nc1ccc(-c2ccccc2[N+](=O)[O-])cc1. The monoisotopic (exact) mass is 298 g/mol. The molecule has 0 unspecified atom stereocenters. The molecule has 2 aromatic carbocycles. The molecule has 6 N–H and O–H groups in total. The molecule has 0 aliphatic heterocycles. The molecular weight excluding hydrogens is 284 g/mol. The first-order chi connectivity index (χ1) is 10.5. The fourth-order valence-corrected chi connectivity index (χ4v) is 1.88. The highest BCUT2D eigenvalue weighted by molar-refractivity contribution is 5.93. The maximum Gasteiger partial charge on any atom is 0.277 e. The zero-order chi connectivity index (χ0) is 16.1. The van der Waals surface area contributed by atoms with Crippen molar-refractivity contribution in [3.05, 3.63) is 58.6 Å². The van der Waals surface area contributed by atoms with Crippen molar-refractivity contribution in [2.45, 2.75) is 0 Å². The van der Waals surface area contributed by atoms with E-state index in [1.165, 1.54) is 6.07 Å². The summed E-state index contributed by atoms with van der Waals surface area (Å²) < 4.78 is 0. The van der Waals surface area contributed by atoms with Gasteiger partial charge in [0.25, 0.3) is 5.69 Å². The van der Waals surface area contributed by atoms with Crippen molar-refractivity contribution in [2.75, 3.05) is 0 Å². The van der Waals surface area contributed by atoms with E-state index in [4.69, 9.17) is 17.2 Å². The quantitative estimate of drug-likeness (QED) is 0.340. The highest BCUT2D eigenvalue weighted by atomic mass is 16.6. The van der Waals surface area contributed by atoms with Crippen LogP contribution in [-0.2, 0) is 0 Å². The lowest BCUT2D eigenvalue weighted by molar-refractivity contribution is -0.384. The Kier molecular flexibility index (Phi) is 4.33. The Balaban J connectivity index is 2.34. The van der Waals surface area contributed by atoms with Gasteiger partial charge < -0.3 is 17.2 Å². The van der Waals surface area contributed by atoms with Crippen molar-refractivity contribution in [2.24, 2.45) is 27.2 Å². The first kappa shape index (κ1) is 15.0. The topological polar surface area (TPSA) is 146 Å². The molecule has 0 aliphatic carbocycles. The Morgan fingerprint density at radius 3 is 2.23 bits per heavy atom. The van der Waals surface area contributed by atoms with E-state index < -0.39 is 4.92 Å². The van der Waals surface area contributed by atoms with Crippen molar-refractivity contribution >= 4 is 23.3 Å². The third kappa shape index (κ3) is 3.57. The summed E-state index contributed by atoms with van der Waals surface area (Å²) in [5.41, 5.74) is 17.7. The Hall–Kier alpha value is -3.42. The largest absolute Gasteiger partial charge is 0.370 e. The molecule has 8 heteroatoms. The Morgan fingerprint density at radius 2 is 1.64 bits per heavy atom. The van der Waals surface area contributed by atoms with E-state index in [2.05, 4.69) is 9.98 Å². The molecule has 8 nitrogen and oxygen atoms in total. The van der Waals surface area contributed by atoms with Crippen LogP contribution in [0.15, 0.2) is 58.5 Å². The van der Waals surface area contributed by atoms with Crippen LogP contribution in [0.25, 0.3) is 11.1 Å². The van der Waals surface area contributed by atoms with Crippen LogP contribution in [0.5, 0.6) is 0 Å². The summed E-state index contributed by atoms with van der Waals surface area (Å²) in [4.78, 5) is 18.2. The van der Waals surface area contributed by atoms with Gasteiger partial charge in [-0.15, -0.1) is 0 Å². The van der Waals surface area contributed by atoms with Crippen LogP contribution in [0.2, 0.25) is 0 Å². The number of hydrogen-bond donors (Lipinski definition) is 3. The average Bonchev–Trinajstić information content (AvgIpc) is 2.47. The second-order valence-corrected chi connectivity index (χ2v) is 4.33. The highest BCUT2D eigenvalue weighted by Crippen LogP contribution is 2.30. The summed E-state index contributed by atoms with van der Waals surface area (Å²) in [6.45, 7) is 0. The van der Waals surface area contributed by atoms with E-state index >= 15 is 0 Å². The number of hydrogen-bond acceptors (Lipinski definition) is 3. The molecule has 0 aromatic heterocycles. The smallest absolute Gasteiger partial charge is 0.277 e. The van der Waals surface area contributed by atoms with E-state index in [9.17, 15) is 10.1 Å². The van der Waals surface area contributed by atoms with E-state index in [1.54, 1.807) is 42.5 Å². The van der Waals surface area contributed by atoms with Gasteiger partial charge in [0.15, 0.2) is 5.96 Å². The Bertz CT molecular complexity index is 748. The number of para-hydroxylation sites is 1. The van der Waals surface area contributed by atoms with Crippen LogP contribution in [-0.4, -0.2) is 16.8 Å². The molecule has 0 atom stereocenters. The van der Waals surface area contributed by atoms with Crippen LogP contribution >= 0.6 is 0 Å². The third-order valence-electron chi connectivity index (χ3n) is 2.77. The summed E-state index contributed by atoms with van der Waals surface area (Å²) in [5, 5.41) is 11.0. The number of guanidine groups is 2. The first-order valence-corrected chi connectivity index (χ1v) is 6.25. The minimum Gasteiger partial charge on any atom is -0.370 e. The van der Waals surface area contributed by atoms with Gasteiger partial charge in [-0.25, -0.2) is 4.99 Å². The van der Waals surface area contributed by atoms with E-state index in [-0.39, 0.29) is 17.6 Å². The predicted octanol–water partition coefficient (Wildman–Crippen LogP) is 1.48. The van der Waals surface area contributed by atoms with Gasteiger partial charge in [0.05, 0.1) is 16.2 Å². The second-order valence-electron chi connectivity index (χ2n) is 4.33. The Morgan fingerprint density at radius 1 is 1.00 bits per heavy atom. The van der Waals surface area contributed by atoms with Crippen LogP contribution < -0.4 is 17.2 Å². The summed E-state index contributed by atoms with van der Waals surface area (Å²) >= 11 is 0. The minimum absolute atomic E-state index is 0.0405. The van der Waals surface area contributed by atoms with Gasteiger partial charge in [0.2, 0.25) is 5.96 Å². The molecule has 0 spiro atoms. The molecule has 2 rings (SSSR count). The van der Waals surface area contributed by atoms with Crippen LogP contribution in [0, 0.1) is 10.1 Å². The fourth-order valence-electron chi connectivity index (χ4n) is 1.88. The molecule has 0 fully saturated rings. The number of nitrogens with zero attached hydrogens (tertiary/aromatic N) is 3. The normalized spacial score (nSPS) is 11.0. The molecule has 0 bridgehead atoms. The van der Waals surface area contributed by atoms with Crippen molar-refractivity contribution in [3.63, 3.8) is 0 Å². The predicted molar refractivity (Wildman–Crippen MR) is 85.6 cm³/mol. The maximum atomic E-state index is 11.0. The Labute approximate surface area is 126 Å². The van der Waals surface area contributed by atoms with Crippen molar-refractivity contribution in [1.29, 1.82) is 0 Å². The number of nitro groups is 1. The van der Waals surface area contributed by atoms with Crippen molar-refractivity contribution < 1.29 is 4.92 Å². The van der Waals surface area contributed by atoms with Crippen molar-refractivity contribution in [1.82, 2.24) is 0 Å². The molecule has 2 aromatic rings. The number of rotatable bonds is 3. The molecule has 0 saturated heterocycles. The minimum atomic E-state index is -0.419. The van der Waals surface area contributed by atoms with Gasteiger partial charge in [-0.2, -0.15) is 4.99 Å². The molecule has 112 valence electrons. The van der Waals surface area contributed by atoms with Crippen molar-refractivity contribution in [3.8, 4) is 11.1 Å². The fraction of sp³-hybridized carbons (Fsp3) is 0. The molecule has 0 saturated carbocycles. The van der Waals surface area contributed by atoms with Gasteiger partial charge in [-0.1, -0.05) is 24.3 Å². The van der Waals surface area contributed by atoms with Gasteiger partial charge in [-0.05, 0) is 23.8 Å². The third-order valence-corrected chi connectivity index (χ3v) is 2.77. The number of benzene rings is 2. The summed E-state index contributed by atoms with van der Waals surface area (Å²) in [6, 6.07) is 13.3. The van der Waals surface area contributed by atoms with Crippen LogP contribution in [0.4, 0.5) is 11.4 Å². The average molecular weight is 298 g/mol. The van der Waals surface area contributed by atoms with Gasteiger partial charge in [0, 0.05) is 6.07 Å². The molecule has 0 amide bonds. The molecule has 22 heavy (non-hydrogen) atoms. The second kappa shape index (κ2) is 6.35. The maximum absolute atomic E-state index is 11.0. The lowest BCUT2D eigenvalue weighted by atomic mass is 10.0. The first-order valence-electron chi connectivity index (χ1n) is 6.25. The highest BCUT2D eigenvalue weighted by Gasteiger charge is 2.13. The summed E-state index contributed by atoms with van der Waals surface area (Å²) in [7, 11) is 0. The number of nitrogens with two attached hydrogens (primary N) is 3. The van der Waals surface area contributed by atoms with E-state index in [1.807, 2.05) is 0 Å². The van der Waals surface area contributed by atoms with Gasteiger partial charge in [-0.3, -0.25) is 10.1 Å². The number of nitro benzene ring substituents is 1. The zero-order valence-electron chi connectivity index (χ0n) is 11.5. The standard InChI is InChI=1S/C14H14N6O2/c15-13(16)19-14(17)18-10-7-5-9(6-8-10)11-3-1-2-4-12(11)20(21)22/h1-8H,(H6,15,16,17,18,19). The molecule has 0 radical (unpaired) electrons. The lowest BCUT2D eigenvalue weighted by Gasteiger charge is -2.03. The van der Waals surface area contributed by atoms with E-state index in [0.29, 0.717) is 16.8 Å². The van der Waals surface area contributed by atoms with Gasteiger partial charge in [0.1, 0.15) is 0 Å². The van der Waals surface area contributed by atoms with Gasteiger partial charge >= 0.3 is 0 Å². The van der Waals surface area contributed by atoms with Crippen LogP contribution in [0.1, 0.15) is 0 Å². The van der Waals surface area contributed by atoms with E-state index in [0.717, 1.165) is 0 Å². The number of aliphatic imine (C=N–C) groups is 2. The lowest BCUT2D eigenvalue weighted by Crippen LogP contribution is -2.26. The zero-order valence-corrected chi connectivity index (χ0v) is 11.5.